The van der Waals surface area contributed by atoms with Crippen LogP contribution in [0.15, 0.2) is 30.3 Å². The third-order valence-corrected chi connectivity index (χ3v) is 3.08. The Hall–Kier alpha value is -1.35. The molecule has 1 fully saturated rings. The van der Waals surface area contributed by atoms with E-state index in [4.69, 9.17) is 9.47 Å². The number of benzene rings is 1. The minimum atomic E-state index is -0.454. The summed E-state index contributed by atoms with van der Waals surface area (Å²) in [7, 11) is 0. The summed E-state index contributed by atoms with van der Waals surface area (Å²) in [5, 5.41) is 0. The molecule has 17 heavy (non-hydrogen) atoms. The lowest BCUT2D eigenvalue weighted by atomic mass is 9.87. The summed E-state index contributed by atoms with van der Waals surface area (Å²) < 4.78 is 11.0. The van der Waals surface area contributed by atoms with Gasteiger partial charge in [0.05, 0.1) is 6.10 Å². The Balaban J connectivity index is 2.13. The van der Waals surface area contributed by atoms with Crippen LogP contribution in [0, 0.1) is 5.41 Å². The fourth-order valence-electron chi connectivity index (χ4n) is 2.16. The van der Waals surface area contributed by atoms with Crippen molar-refractivity contribution in [1.29, 1.82) is 0 Å². The number of carbonyl (C=O) groups is 1. The third-order valence-electron chi connectivity index (χ3n) is 3.08. The average Bonchev–Trinajstić information content (AvgIpc) is 2.55. The zero-order valence-corrected chi connectivity index (χ0v) is 10.5. The van der Waals surface area contributed by atoms with E-state index in [9.17, 15) is 4.79 Å². The molecule has 0 amide bonds. The first-order valence-electron chi connectivity index (χ1n) is 5.87. The monoisotopic (exact) mass is 234 g/mol. The highest BCUT2D eigenvalue weighted by Gasteiger charge is 2.44. The SMILES string of the molecule is CC(=O)OC1O[C@H](c2ccccc2)CC1(C)C. The minimum absolute atomic E-state index is 0.00977. The van der Waals surface area contributed by atoms with Gasteiger partial charge in [0.1, 0.15) is 0 Å². The Bertz CT molecular complexity index is 397. The summed E-state index contributed by atoms with van der Waals surface area (Å²) in [6.07, 6.45) is 0.412. The molecule has 1 aromatic rings. The molecule has 3 nitrogen and oxygen atoms in total. The summed E-state index contributed by atoms with van der Waals surface area (Å²) in [5.41, 5.74) is 0.988. The quantitative estimate of drug-likeness (QED) is 0.738. The van der Waals surface area contributed by atoms with Crippen LogP contribution in [0.25, 0.3) is 0 Å². The van der Waals surface area contributed by atoms with Crippen LogP contribution in [0.3, 0.4) is 0 Å². The predicted octanol–water partition coefficient (Wildman–Crippen LogP) is 3.06. The van der Waals surface area contributed by atoms with E-state index >= 15 is 0 Å². The predicted molar refractivity (Wildman–Crippen MR) is 64.2 cm³/mol. The largest absolute Gasteiger partial charge is 0.435 e. The van der Waals surface area contributed by atoms with Crippen LogP contribution in [-0.4, -0.2) is 12.3 Å². The molecule has 1 unspecified atom stereocenters. The van der Waals surface area contributed by atoms with Crippen molar-refractivity contribution in [3.8, 4) is 0 Å². The van der Waals surface area contributed by atoms with E-state index in [0.717, 1.165) is 12.0 Å². The molecule has 0 saturated carbocycles. The van der Waals surface area contributed by atoms with E-state index < -0.39 is 6.29 Å². The summed E-state index contributed by atoms with van der Waals surface area (Å²) in [5.74, 6) is -0.295. The zero-order valence-electron chi connectivity index (χ0n) is 10.5. The first-order chi connectivity index (χ1) is 7.99. The maximum absolute atomic E-state index is 11.0. The summed E-state index contributed by atoms with van der Waals surface area (Å²) >= 11 is 0. The second-order valence-corrected chi connectivity index (χ2v) is 5.17. The molecule has 1 heterocycles. The highest BCUT2D eigenvalue weighted by atomic mass is 16.7. The summed E-state index contributed by atoms with van der Waals surface area (Å²) in [6.45, 7) is 5.53. The van der Waals surface area contributed by atoms with Crippen molar-refractivity contribution in [3.63, 3.8) is 0 Å². The molecule has 2 rings (SSSR count). The number of esters is 1. The van der Waals surface area contributed by atoms with Crippen molar-refractivity contribution in [1.82, 2.24) is 0 Å². The molecule has 1 aliphatic rings. The van der Waals surface area contributed by atoms with Crippen LogP contribution >= 0.6 is 0 Å². The van der Waals surface area contributed by atoms with Crippen LogP contribution in [0.1, 0.15) is 38.9 Å². The van der Waals surface area contributed by atoms with Crippen LogP contribution in [-0.2, 0) is 14.3 Å². The first kappa shape index (κ1) is 12.1. The number of carbonyl (C=O) groups excluding carboxylic acids is 1. The fraction of sp³-hybridized carbons (Fsp3) is 0.500. The third kappa shape index (κ3) is 2.67. The molecule has 0 bridgehead atoms. The van der Waals surface area contributed by atoms with E-state index in [1.165, 1.54) is 6.92 Å². The van der Waals surface area contributed by atoms with Gasteiger partial charge in [0.25, 0.3) is 0 Å². The van der Waals surface area contributed by atoms with E-state index in [0.29, 0.717) is 0 Å². The highest BCUT2D eigenvalue weighted by molar-refractivity contribution is 5.66. The highest BCUT2D eigenvalue weighted by Crippen LogP contribution is 2.45. The molecule has 1 aliphatic heterocycles. The van der Waals surface area contributed by atoms with Crippen molar-refractivity contribution >= 4 is 5.97 Å². The molecular weight excluding hydrogens is 216 g/mol. The summed E-state index contributed by atoms with van der Waals surface area (Å²) in [6, 6.07) is 10.0. The van der Waals surface area contributed by atoms with Crippen LogP contribution in [0.2, 0.25) is 0 Å². The smallest absolute Gasteiger partial charge is 0.304 e. The van der Waals surface area contributed by atoms with Gasteiger partial charge in [-0.05, 0) is 12.0 Å². The van der Waals surface area contributed by atoms with Crippen molar-refractivity contribution < 1.29 is 14.3 Å². The number of hydrogen-bond acceptors (Lipinski definition) is 3. The standard InChI is InChI=1S/C14H18O3/c1-10(15)16-13-14(2,3)9-12(17-13)11-7-5-4-6-8-11/h4-8,12-13H,9H2,1-3H3/t12-,13?/m0/s1. The van der Waals surface area contributed by atoms with Gasteiger partial charge < -0.3 is 9.47 Å². The van der Waals surface area contributed by atoms with Gasteiger partial charge in [-0.2, -0.15) is 0 Å². The van der Waals surface area contributed by atoms with Gasteiger partial charge >= 0.3 is 5.97 Å². The molecule has 2 atom stereocenters. The molecule has 1 aromatic carbocycles. The van der Waals surface area contributed by atoms with E-state index in [-0.39, 0.29) is 17.5 Å². The van der Waals surface area contributed by atoms with Crippen molar-refractivity contribution in [2.75, 3.05) is 0 Å². The van der Waals surface area contributed by atoms with Gasteiger partial charge in [-0.15, -0.1) is 0 Å². The second-order valence-electron chi connectivity index (χ2n) is 5.17. The van der Waals surface area contributed by atoms with Crippen molar-refractivity contribution in [3.05, 3.63) is 35.9 Å². The Morgan fingerprint density at radius 2 is 2.00 bits per heavy atom. The van der Waals surface area contributed by atoms with Gasteiger partial charge in [-0.3, -0.25) is 4.79 Å². The molecule has 0 aromatic heterocycles. The van der Waals surface area contributed by atoms with Crippen LogP contribution < -0.4 is 0 Å². The Labute approximate surface area is 102 Å². The van der Waals surface area contributed by atoms with Gasteiger partial charge in [-0.25, -0.2) is 0 Å². The topological polar surface area (TPSA) is 35.5 Å². The first-order valence-corrected chi connectivity index (χ1v) is 5.87. The normalized spacial score (nSPS) is 26.8. The lowest BCUT2D eigenvalue weighted by molar-refractivity contribution is -0.187. The van der Waals surface area contributed by atoms with E-state index in [2.05, 4.69) is 13.8 Å². The number of ether oxygens (including phenoxy) is 2. The van der Waals surface area contributed by atoms with Crippen molar-refractivity contribution in [2.24, 2.45) is 5.41 Å². The maximum Gasteiger partial charge on any atom is 0.304 e. The summed E-state index contributed by atoms with van der Waals surface area (Å²) in [4.78, 5) is 11.0. The molecule has 3 heteroatoms. The maximum atomic E-state index is 11.0. The number of rotatable bonds is 2. The van der Waals surface area contributed by atoms with Gasteiger partial charge in [-0.1, -0.05) is 44.2 Å². The lowest BCUT2D eigenvalue weighted by Crippen LogP contribution is -2.28. The molecule has 0 aliphatic carbocycles. The van der Waals surface area contributed by atoms with E-state index in [1.54, 1.807) is 0 Å². The molecule has 92 valence electrons. The van der Waals surface area contributed by atoms with Gasteiger partial charge in [0, 0.05) is 12.3 Å². The molecule has 1 saturated heterocycles. The van der Waals surface area contributed by atoms with Crippen LogP contribution in [0.5, 0.6) is 0 Å². The second kappa shape index (κ2) is 4.49. The minimum Gasteiger partial charge on any atom is -0.435 e. The van der Waals surface area contributed by atoms with Crippen molar-refractivity contribution in [2.45, 2.75) is 39.6 Å². The molecule has 0 spiro atoms. The fourth-order valence-corrected chi connectivity index (χ4v) is 2.16. The van der Waals surface area contributed by atoms with Crippen LogP contribution in [0.4, 0.5) is 0 Å². The molecular formula is C14H18O3. The lowest BCUT2D eigenvalue weighted by Gasteiger charge is -2.23. The van der Waals surface area contributed by atoms with Gasteiger partial charge in [0.15, 0.2) is 0 Å². The molecule has 0 radical (unpaired) electrons. The Morgan fingerprint density at radius 3 is 2.59 bits per heavy atom. The Kier molecular flexibility index (Phi) is 3.20. The van der Waals surface area contributed by atoms with E-state index in [1.807, 2.05) is 30.3 Å². The number of hydrogen-bond donors (Lipinski definition) is 0. The Morgan fingerprint density at radius 1 is 1.35 bits per heavy atom. The molecule has 0 N–H and O–H groups in total. The average molecular weight is 234 g/mol. The van der Waals surface area contributed by atoms with Gasteiger partial charge in [0.2, 0.25) is 6.29 Å². The zero-order chi connectivity index (χ0) is 12.5.